The molecule has 0 spiro atoms. The summed E-state index contributed by atoms with van der Waals surface area (Å²) in [4.78, 5) is 17.0. The second-order valence-electron chi connectivity index (χ2n) is 4.19. The van der Waals surface area contributed by atoms with E-state index < -0.39 is 5.97 Å². The highest BCUT2D eigenvalue weighted by Crippen LogP contribution is 2.20. The Labute approximate surface area is 130 Å². The van der Waals surface area contributed by atoms with E-state index in [4.69, 9.17) is 16.7 Å². The molecule has 0 saturated carbocycles. The molecule has 0 saturated heterocycles. The van der Waals surface area contributed by atoms with Gasteiger partial charge in [-0.05, 0) is 52.3 Å². The molecule has 2 aromatic rings. The number of aromatic nitrogens is 1. The Bertz CT molecular complexity index is 587. The van der Waals surface area contributed by atoms with E-state index in [-0.39, 0.29) is 6.54 Å². The molecule has 1 heterocycles. The third kappa shape index (κ3) is 4.21. The van der Waals surface area contributed by atoms with Crippen LogP contribution in [0.3, 0.4) is 0 Å². The van der Waals surface area contributed by atoms with Gasteiger partial charge in [-0.25, -0.2) is 0 Å². The number of carbonyl (C=O) groups is 1. The molecule has 0 aliphatic carbocycles. The maximum absolute atomic E-state index is 11.0. The molecule has 0 radical (unpaired) electrons. The van der Waals surface area contributed by atoms with Crippen molar-refractivity contribution in [3.8, 4) is 0 Å². The first-order valence-electron chi connectivity index (χ1n) is 5.87. The highest BCUT2D eigenvalue weighted by atomic mass is 79.9. The molecule has 1 aromatic heterocycles. The third-order valence-electron chi connectivity index (χ3n) is 2.66. The molecule has 6 heteroatoms. The predicted molar refractivity (Wildman–Crippen MR) is 82.1 cm³/mol. The monoisotopic (exact) mass is 354 g/mol. The molecule has 4 nitrogen and oxygen atoms in total. The van der Waals surface area contributed by atoms with Crippen LogP contribution >= 0.6 is 27.5 Å². The summed E-state index contributed by atoms with van der Waals surface area (Å²) < 4.78 is 0.887. The number of hydrogen-bond acceptors (Lipinski definition) is 3. The molecule has 0 atom stereocenters. The number of halogens is 2. The van der Waals surface area contributed by atoms with Gasteiger partial charge < -0.3 is 10.0 Å². The standard InChI is InChI=1S/C14H12BrClN2O2/c15-10-1-4-12(17-7-10)8-18(9-14(19)20)13-5-2-11(16)3-6-13/h1-7H,8-9H2,(H,19,20). The van der Waals surface area contributed by atoms with Gasteiger partial charge in [0.15, 0.2) is 0 Å². The lowest BCUT2D eigenvalue weighted by atomic mass is 10.2. The normalized spacial score (nSPS) is 10.3. The molecule has 1 aromatic carbocycles. The van der Waals surface area contributed by atoms with Crippen molar-refractivity contribution in [1.29, 1.82) is 0 Å². The van der Waals surface area contributed by atoms with Gasteiger partial charge in [-0.1, -0.05) is 11.6 Å². The van der Waals surface area contributed by atoms with Crippen LogP contribution in [0.5, 0.6) is 0 Å². The summed E-state index contributed by atoms with van der Waals surface area (Å²) in [6, 6.07) is 10.8. The molecule has 104 valence electrons. The Balaban J connectivity index is 2.21. The Morgan fingerprint density at radius 3 is 2.50 bits per heavy atom. The van der Waals surface area contributed by atoms with Gasteiger partial charge in [0.05, 0.1) is 12.2 Å². The fraction of sp³-hybridized carbons (Fsp3) is 0.143. The van der Waals surface area contributed by atoms with Gasteiger partial charge in [0, 0.05) is 21.4 Å². The minimum absolute atomic E-state index is 0.0978. The largest absolute Gasteiger partial charge is 0.480 e. The summed E-state index contributed by atoms with van der Waals surface area (Å²) in [5.41, 5.74) is 1.59. The molecule has 0 aliphatic rings. The number of anilines is 1. The third-order valence-corrected chi connectivity index (χ3v) is 3.38. The average molecular weight is 356 g/mol. The van der Waals surface area contributed by atoms with Crippen molar-refractivity contribution in [2.75, 3.05) is 11.4 Å². The average Bonchev–Trinajstić information content (AvgIpc) is 2.41. The van der Waals surface area contributed by atoms with E-state index in [1.54, 1.807) is 35.4 Å². The number of hydrogen-bond donors (Lipinski definition) is 1. The van der Waals surface area contributed by atoms with Gasteiger partial charge in [0.2, 0.25) is 0 Å². The fourth-order valence-electron chi connectivity index (χ4n) is 1.75. The predicted octanol–water partition coefficient (Wildman–Crippen LogP) is 3.59. The topological polar surface area (TPSA) is 53.4 Å². The molecular weight excluding hydrogens is 344 g/mol. The highest BCUT2D eigenvalue weighted by Gasteiger charge is 2.12. The van der Waals surface area contributed by atoms with Crippen LogP contribution in [0.2, 0.25) is 5.02 Å². The molecule has 20 heavy (non-hydrogen) atoms. The van der Waals surface area contributed by atoms with Crippen LogP contribution in [-0.2, 0) is 11.3 Å². The second-order valence-corrected chi connectivity index (χ2v) is 5.55. The molecule has 0 aliphatic heterocycles. The van der Waals surface area contributed by atoms with E-state index >= 15 is 0 Å². The summed E-state index contributed by atoms with van der Waals surface area (Å²) in [5, 5.41) is 9.64. The van der Waals surface area contributed by atoms with Crippen molar-refractivity contribution in [2.45, 2.75) is 6.54 Å². The maximum Gasteiger partial charge on any atom is 0.323 e. The van der Waals surface area contributed by atoms with Crippen LogP contribution in [0.4, 0.5) is 5.69 Å². The number of benzene rings is 1. The first-order chi connectivity index (χ1) is 9.54. The minimum Gasteiger partial charge on any atom is -0.480 e. The Morgan fingerprint density at radius 1 is 1.25 bits per heavy atom. The quantitative estimate of drug-likeness (QED) is 0.890. The summed E-state index contributed by atoms with van der Waals surface area (Å²) >= 11 is 9.17. The molecule has 0 amide bonds. The van der Waals surface area contributed by atoms with Gasteiger partial charge in [-0.15, -0.1) is 0 Å². The highest BCUT2D eigenvalue weighted by molar-refractivity contribution is 9.10. The summed E-state index contributed by atoms with van der Waals surface area (Å²) in [5.74, 6) is -0.892. The van der Waals surface area contributed by atoms with Crippen molar-refractivity contribution in [3.63, 3.8) is 0 Å². The van der Waals surface area contributed by atoms with Gasteiger partial charge in [0.25, 0.3) is 0 Å². The van der Waals surface area contributed by atoms with Crippen molar-refractivity contribution in [3.05, 3.63) is 57.8 Å². The SMILES string of the molecule is O=C(O)CN(Cc1ccc(Br)cn1)c1ccc(Cl)cc1. The Hall–Kier alpha value is -1.59. The van der Waals surface area contributed by atoms with Crippen LogP contribution in [0.25, 0.3) is 0 Å². The van der Waals surface area contributed by atoms with Crippen LogP contribution in [0.1, 0.15) is 5.69 Å². The second kappa shape index (κ2) is 6.72. The minimum atomic E-state index is -0.892. The fourth-order valence-corrected chi connectivity index (χ4v) is 2.11. The van der Waals surface area contributed by atoms with Gasteiger partial charge in [-0.2, -0.15) is 0 Å². The van der Waals surface area contributed by atoms with Crippen LogP contribution in [0, 0.1) is 0 Å². The zero-order valence-corrected chi connectivity index (χ0v) is 12.8. The summed E-state index contributed by atoms with van der Waals surface area (Å²) in [7, 11) is 0. The van der Waals surface area contributed by atoms with Crippen LogP contribution in [0.15, 0.2) is 47.1 Å². The smallest absolute Gasteiger partial charge is 0.323 e. The molecule has 0 unspecified atom stereocenters. The van der Waals surface area contributed by atoms with E-state index in [0.717, 1.165) is 15.9 Å². The van der Waals surface area contributed by atoms with E-state index in [1.165, 1.54) is 0 Å². The Morgan fingerprint density at radius 2 is 1.95 bits per heavy atom. The van der Waals surface area contributed by atoms with Crippen LogP contribution < -0.4 is 4.90 Å². The summed E-state index contributed by atoms with van der Waals surface area (Å²) in [6.45, 7) is 0.320. The van der Waals surface area contributed by atoms with E-state index in [9.17, 15) is 4.79 Å². The van der Waals surface area contributed by atoms with E-state index in [1.807, 2.05) is 12.1 Å². The van der Waals surface area contributed by atoms with E-state index in [2.05, 4.69) is 20.9 Å². The lowest BCUT2D eigenvalue weighted by molar-refractivity contribution is -0.135. The molecule has 1 N–H and O–H groups in total. The summed E-state index contributed by atoms with van der Waals surface area (Å²) in [6.07, 6.45) is 1.69. The lowest BCUT2D eigenvalue weighted by Crippen LogP contribution is -2.29. The van der Waals surface area contributed by atoms with Crippen LogP contribution in [-0.4, -0.2) is 22.6 Å². The number of rotatable bonds is 5. The van der Waals surface area contributed by atoms with Crippen molar-refractivity contribution < 1.29 is 9.90 Å². The molecule has 0 bridgehead atoms. The zero-order valence-electron chi connectivity index (χ0n) is 10.5. The molecule has 0 fully saturated rings. The zero-order chi connectivity index (χ0) is 14.5. The van der Waals surface area contributed by atoms with Gasteiger partial charge in [-0.3, -0.25) is 9.78 Å². The number of pyridine rings is 1. The Kier molecular flexibility index (Phi) is 4.98. The number of nitrogens with zero attached hydrogens (tertiary/aromatic N) is 2. The number of carboxylic acid groups (broad SMARTS) is 1. The molecule has 2 rings (SSSR count). The number of carboxylic acids is 1. The van der Waals surface area contributed by atoms with Gasteiger partial charge in [0.1, 0.15) is 6.54 Å². The maximum atomic E-state index is 11.0. The van der Waals surface area contributed by atoms with Crippen molar-refractivity contribution in [2.24, 2.45) is 0 Å². The van der Waals surface area contributed by atoms with Gasteiger partial charge >= 0.3 is 5.97 Å². The number of aliphatic carboxylic acids is 1. The van der Waals surface area contributed by atoms with Crippen molar-refractivity contribution >= 4 is 39.2 Å². The van der Waals surface area contributed by atoms with Crippen molar-refractivity contribution in [1.82, 2.24) is 4.98 Å². The first-order valence-corrected chi connectivity index (χ1v) is 7.04. The first kappa shape index (κ1) is 14.8. The lowest BCUT2D eigenvalue weighted by Gasteiger charge is -2.22. The molecular formula is C14H12BrClN2O2. The van der Waals surface area contributed by atoms with E-state index in [0.29, 0.717) is 11.6 Å².